The average Bonchev–Trinajstić information content (AvgIpc) is 2.54. The first-order valence-electron chi connectivity index (χ1n) is 4.80. The minimum absolute atomic E-state index is 0.0728. The molecule has 1 saturated carbocycles. The van der Waals surface area contributed by atoms with Gasteiger partial charge in [0.25, 0.3) is 0 Å². The van der Waals surface area contributed by atoms with Crippen molar-refractivity contribution in [3.8, 4) is 0 Å². The smallest absolute Gasteiger partial charge is 0.125 e. The van der Waals surface area contributed by atoms with Crippen LogP contribution in [-0.4, -0.2) is 19.2 Å². The van der Waals surface area contributed by atoms with E-state index in [-0.39, 0.29) is 5.60 Å². The summed E-state index contributed by atoms with van der Waals surface area (Å²) < 4.78 is 10.6. The lowest BCUT2D eigenvalue weighted by Crippen LogP contribution is -2.35. The number of thiazole rings is 1. The van der Waals surface area contributed by atoms with Gasteiger partial charge in [-0.15, -0.1) is 11.3 Å². The predicted molar refractivity (Wildman–Crippen MR) is 55.4 cm³/mol. The highest BCUT2D eigenvalue weighted by Gasteiger charge is 2.41. The molecule has 1 aliphatic rings. The molecule has 0 spiro atoms. The first-order chi connectivity index (χ1) is 6.80. The van der Waals surface area contributed by atoms with Gasteiger partial charge in [-0.2, -0.15) is 0 Å². The van der Waals surface area contributed by atoms with Crippen molar-refractivity contribution in [1.29, 1.82) is 0 Å². The standard InChI is InChI=1S/C10H15NO2S/c1-12-6-8-7-14-9(11-8)10(13-2)4-3-5-10/h7H,3-6H2,1-2H3. The Morgan fingerprint density at radius 1 is 1.50 bits per heavy atom. The highest BCUT2D eigenvalue weighted by Crippen LogP contribution is 2.45. The topological polar surface area (TPSA) is 31.4 Å². The molecule has 0 N–H and O–H groups in total. The summed E-state index contributed by atoms with van der Waals surface area (Å²) in [7, 11) is 3.46. The molecular formula is C10H15NO2S. The summed E-state index contributed by atoms with van der Waals surface area (Å²) in [5.74, 6) is 0. The summed E-state index contributed by atoms with van der Waals surface area (Å²) in [5, 5.41) is 3.16. The third kappa shape index (κ3) is 1.58. The normalized spacial score (nSPS) is 19.3. The van der Waals surface area contributed by atoms with Crippen LogP contribution < -0.4 is 0 Å². The fourth-order valence-corrected chi connectivity index (χ4v) is 2.77. The summed E-state index contributed by atoms with van der Waals surface area (Å²) in [4.78, 5) is 4.53. The molecule has 1 aromatic heterocycles. The van der Waals surface area contributed by atoms with E-state index in [1.807, 2.05) is 0 Å². The highest BCUT2D eigenvalue weighted by atomic mass is 32.1. The molecule has 1 aromatic rings. The van der Waals surface area contributed by atoms with Crippen molar-refractivity contribution >= 4 is 11.3 Å². The van der Waals surface area contributed by atoms with E-state index in [1.54, 1.807) is 25.6 Å². The van der Waals surface area contributed by atoms with Crippen LogP contribution in [0.5, 0.6) is 0 Å². The summed E-state index contributed by atoms with van der Waals surface area (Å²) in [6.45, 7) is 0.594. The lowest BCUT2D eigenvalue weighted by Gasteiger charge is -2.38. The van der Waals surface area contributed by atoms with Gasteiger partial charge in [-0.05, 0) is 19.3 Å². The van der Waals surface area contributed by atoms with Crippen LogP contribution in [0.2, 0.25) is 0 Å². The van der Waals surface area contributed by atoms with Crippen molar-refractivity contribution in [2.75, 3.05) is 14.2 Å². The molecule has 0 amide bonds. The van der Waals surface area contributed by atoms with Gasteiger partial charge in [0.15, 0.2) is 0 Å². The molecule has 1 fully saturated rings. The lowest BCUT2D eigenvalue weighted by molar-refractivity contribution is -0.0781. The van der Waals surface area contributed by atoms with Crippen LogP contribution >= 0.6 is 11.3 Å². The molecule has 0 saturated heterocycles. The maximum Gasteiger partial charge on any atom is 0.125 e. The van der Waals surface area contributed by atoms with Crippen molar-refractivity contribution in [2.45, 2.75) is 31.5 Å². The Hall–Kier alpha value is -0.450. The molecule has 1 aliphatic carbocycles. The third-order valence-corrected chi connectivity index (χ3v) is 3.86. The molecule has 0 unspecified atom stereocenters. The first kappa shape index (κ1) is 10.1. The highest BCUT2D eigenvalue weighted by molar-refractivity contribution is 7.09. The van der Waals surface area contributed by atoms with E-state index in [1.165, 1.54) is 6.42 Å². The molecule has 0 aromatic carbocycles. The number of hydrogen-bond acceptors (Lipinski definition) is 4. The van der Waals surface area contributed by atoms with Gasteiger partial charge in [0.1, 0.15) is 10.6 Å². The third-order valence-electron chi connectivity index (χ3n) is 2.79. The zero-order valence-corrected chi connectivity index (χ0v) is 9.39. The minimum atomic E-state index is -0.0728. The molecule has 2 rings (SSSR count). The van der Waals surface area contributed by atoms with E-state index in [9.17, 15) is 0 Å². The van der Waals surface area contributed by atoms with E-state index in [0.29, 0.717) is 6.61 Å². The van der Waals surface area contributed by atoms with Crippen molar-refractivity contribution in [3.05, 3.63) is 16.1 Å². The summed E-state index contributed by atoms with van der Waals surface area (Å²) in [6.07, 6.45) is 3.44. The maximum atomic E-state index is 5.56. The van der Waals surface area contributed by atoms with Gasteiger partial charge in [-0.1, -0.05) is 0 Å². The quantitative estimate of drug-likeness (QED) is 0.769. The second-order valence-corrected chi connectivity index (χ2v) is 4.49. The molecule has 0 radical (unpaired) electrons. The van der Waals surface area contributed by atoms with Gasteiger partial charge in [0, 0.05) is 19.6 Å². The zero-order chi connectivity index (χ0) is 10.0. The van der Waals surface area contributed by atoms with Crippen molar-refractivity contribution in [1.82, 2.24) is 4.98 Å². The van der Waals surface area contributed by atoms with Crippen molar-refractivity contribution < 1.29 is 9.47 Å². The predicted octanol–water partition coefficient (Wildman–Crippen LogP) is 2.32. The second-order valence-electron chi connectivity index (χ2n) is 3.63. The van der Waals surface area contributed by atoms with Crippen LogP contribution in [0.3, 0.4) is 0 Å². The number of nitrogens with zero attached hydrogens (tertiary/aromatic N) is 1. The van der Waals surface area contributed by atoms with Crippen LogP contribution in [0.4, 0.5) is 0 Å². The van der Waals surface area contributed by atoms with Crippen LogP contribution in [0, 0.1) is 0 Å². The Labute approximate surface area is 88.1 Å². The number of aromatic nitrogens is 1. The van der Waals surface area contributed by atoms with Crippen molar-refractivity contribution in [2.24, 2.45) is 0 Å². The summed E-state index contributed by atoms with van der Waals surface area (Å²) >= 11 is 1.68. The Morgan fingerprint density at radius 3 is 2.79 bits per heavy atom. The second kappa shape index (κ2) is 3.96. The van der Waals surface area contributed by atoms with Gasteiger partial charge >= 0.3 is 0 Å². The number of methoxy groups -OCH3 is 2. The molecule has 78 valence electrons. The average molecular weight is 213 g/mol. The fourth-order valence-electron chi connectivity index (χ4n) is 1.73. The molecule has 0 aliphatic heterocycles. The molecule has 1 heterocycles. The fraction of sp³-hybridized carbons (Fsp3) is 0.700. The van der Waals surface area contributed by atoms with E-state index in [0.717, 1.165) is 23.5 Å². The van der Waals surface area contributed by atoms with Gasteiger partial charge in [0.2, 0.25) is 0 Å². The van der Waals surface area contributed by atoms with Gasteiger partial charge < -0.3 is 9.47 Å². The van der Waals surface area contributed by atoms with Crippen LogP contribution in [0.25, 0.3) is 0 Å². The van der Waals surface area contributed by atoms with Crippen molar-refractivity contribution in [3.63, 3.8) is 0 Å². The van der Waals surface area contributed by atoms with Crippen LogP contribution in [0.1, 0.15) is 30.0 Å². The molecule has 14 heavy (non-hydrogen) atoms. The molecule has 0 bridgehead atoms. The molecule has 3 nitrogen and oxygen atoms in total. The molecule has 4 heteroatoms. The largest absolute Gasteiger partial charge is 0.378 e. The van der Waals surface area contributed by atoms with Gasteiger partial charge in [-0.25, -0.2) is 4.98 Å². The number of hydrogen-bond donors (Lipinski definition) is 0. The van der Waals surface area contributed by atoms with E-state index < -0.39 is 0 Å². The van der Waals surface area contributed by atoms with E-state index >= 15 is 0 Å². The summed E-state index contributed by atoms with van der Waals surface area (Å²) in [5.41, 5.74) is 0.937. The molecular weight excluding hydrogens is 198 g/mol. The number of rotatable bonds is 4. The van der Waals surface area contributed by atoms with Gasteiger partial charge in [-0.3, -0.25) is 0 Å². The Balaban J connectivity index is 2.15. The zero-order valence-electron chi connectivity index (χ0n) is 8.58. The lowest BCUT2D eigenvalue weighted by atomic mass is 9.80. The Kier molecular flexibility index (Phi) is 2.85. The summed E-state index contributed by atoms with van der Waals surface area (Å²) in [6, 6.07) is 0. The maximum absolute atomic E-state index is 5.56. The molecule has 0 atom stereocenters. The van der Waals surface area contributed by atoms with Crippen LogP contribution in [-0.2, 0) is 21.7 Å². The SMILES string of the molecule is COCc1csc(C2(OC)CCC2)n1. The number of ether oxygens (including phenoxy) is 2. The van der Waals surface area contributed by atoms with Gasteiger partial charge in [0.05, 0.1) is 12.3 Å². The van der Waals surface area contributed by atoms with E-state index in [2.05, 4.69) is 10.4 Å². The Bertz CT molecular complexity index is 301. The first-order valence-corrected chi connectivity index (χ1v) is 5.68. The van der Waals surface area contributed by atoms with E-state index in [4.69, 9.17) is 9.47 Å². The Morgan fingerprint density at radius 2 is 2.29 bits per heavy atom. The monoisotopic (exact) mass is 213 g/mol. The van der Waals surface area contributed by atoms with Crippen LogP contribution in [0.15, 0.2) is 5.38 Å². The minimum Gasteiger partial charge on any atom is -0.378 e.